The first-order valence-corrected chi connectivity index (χ1v) is 9.37. The van der Waals surface area contributed by atoms with E-state index in [1.807, 2.05) is 0 Å². The third-order valence-corrected chi connectivity index (χ3v) is 5.32. The standard InChI is InChI=1S/C20H31NO3/c1-16-12-21(10-9-20(16)17-6-3-2-4-7-17)13-18(22)14-23-15-19-8-5-11-24-19/h2-4,6-7,16,18-20,22H,5,8-15H2,1H3. The van der Waals surface area contributed by atoms with Gasteiger partial charge in [-0.3, -0.25) is 0 Å². The second-order valence-electron chi connectivity index (χ2n) is 7.37. The largest absolute Gasteiger partial charge is 0.389 e. The molecule has 0 radical (unpaired) electrons. The van der Waals surface area contributed by atoms with Crippen molar-refractivity contribution in [3.63, 3.8) is 0 Å². The van der Waals surface area contributed by atoms with Gasteiger partial charge in [-0.05, 0) is 43.2 Å². The first-order chi connectivity index (χ1) is 11.7. The number of hydrogen-bond donors (Lipinski definition) is 1. The van der Waals surface area contributed by atoms with Crippen molar-refractivity contribution in [2.24, 2.45) is 5.92 Å². The summed E-state index contributed by atoms with van der Waals surface area (Å²) in [6, 6.07) is 10.8. The van der Waals surface area contributed by atoms with Crippen LogP contribution in [0.25, 0.3) is 0 Å². The van der Waals surface area contributed by atoms with Gasteiger partial charge in [0.2, 0.25) is 0 Å². The summed E-state index contributed by atoms with van der Waals surface area (Å²) in [5, 5.41) is 10.2. The van der Waals surface area contributed by atoms with Crippen LogP contribution in [0.2, 0.25) is 0 Å². The summed E-state index contributed by atoms with van der Waals surface area (Å²) in [5.41, 5.74) is 1.45. The van der Waals surface area contributed by atoms with Crippen LogP contribution in [0.3, 0.4) is 0 Å². The Bertz CT molecular complexity index is 475. The van der Waals surface area contributed by atoms with Crippen LogP contribution in [-0.2, 0) is 9.47 Å². The quantitative estimate of drug-likeness (QED) is 0.833. The highest BCUT2D eigenvalue weighted by Gasteiger charge is 2.28. The number of nitrogens with zero attached hydrogens (tertiary/aromatic N) is 1. The molecular formula is C20H31NO3. The summed E-state index contributed by atoms with van der Waals surface area (Å²) >= 11 is 0. The number of hydrogen-bond acceptors (Lipinski definition) is 4. The van der Waals surface area contributed by atoms with E-state index in [2.05, 4.69) is 42.2 Å². The minimum absolute atomic E-state index is 0.235. The number of aliphatic hydroxyl groups is 1. The minimum atomic E-state index is -0.410. The highest BCUT2D eigenvalue weighted by atomic mass is 16.5. The maximum atomic E-state index is 10.2. The molecule has 1 aromatic rings. The number of likely N-dealkylation sites (tertiary alicyclic amines) is 1. The van der Waals surface area contributed by atoms with Crippen molar-refractivity contribution in [1.29, 1.82) is 0 Å². The Morgan fingerprint density at radius 3 is 2.83 bits per heavy atom. The monoisotopic (exact) mass is 333 g/mol. The molecule has 0 bridgehead atoms. The van der Waals surface area contributed by atoms with E-state index in [1.54, 1.807) is 0 Å². The average Bonchev–Trinajstić information content (AvgIpc) is 3.09. The molecule has 1 aromatic carbocycles. The molecule has 134 valence electrons. The molecule has 4 nitrogen and oxygen atoms in total. The van der Waals surface area contributed by atoms with Gasteiger partial charge in [-0.2, -0.15) is 0 Å². The van der Waals surface area contributed by atoms with Crippen LogP contribution >= 0.6 is 0 Å². The molecule has 0 saturated carbocycles. The van der Waals surface area contributed by atoms with Gasteiger partial charge < -0.3 is 19.5 Å². The van der Waals surface area contributed by atoms with Crippen LogP contribution in [0.5, 0.6) is 0 Å². The van der Waals surface area contributed by atoms with Crippen molar-refractivity contribution >= 4 is 0 Å². The third kappa shape index (κ3) is 5.03. The van der Waals surface area contributed by atoms with Gasteiger partial charge in [0, 0.05) is 19.7 Å². The first kappa shape index (κ1) is 17.9. The molecule has 0 amide bonds. The van der Waals surface area contributed by atoms with Crippen molar-refractivity contribution in [1.82, 2.24) is 4.90 Å². The number of piperidine rings is 1. The van der Waals surface area contributed by atoms with E-state index in [0.717, 1.165) is 39.0 Å². The highest BCUT2D eigenvalue weighted by molar-refractivity contribution is 5.21. The normalized spacial score (nSPS) is 29.7. The predicted octanol–water partition coefficient (Wildman–Crippen LogP) is 2.67. The molecule has 24 heavy (non-hydrogen) atoms. The van der Waals surface area contributed by atoms with Crippen LogP contribution in [0, 0.1) is 5.92 Å². The lowest BCUT2D eigenvalue weighted by Gasteiger charge is -2.38. The van der Waals surface area contributed by atoms with Crippen molar-refractivity contribution in [3.8, 4) is 0 Å². The summed E-state index contributed by atoms with van der Waals surface area (Å²) in [4.78, 5) is 2.38. The van der Waals surface area contributed by atoms with Crippen molar-refractivity contribution in [2.75, 3.05) is 39.5 Å². The Kier molecular flexibility index (Phi) is 6.67. The molecule has 4 heteroatoms. The molecule has 3 rings (SSSR count). The van der Waals surface area contributed by atoms with E-state index < -0.39 is 6.10 Å². The lowest BCUT2D eigenvalue weighted by atomic mass is 9.81. The Hall–Kier alpha value is -0.940. The Morgan fingerprint density at radius 2 is 2.12 bits per heavy atom. The summed E-state index contributed by atoms with van der Waals surface area (Å²) in [6.07, 6.45) is 3.20. The lowest BCUT2D eigenvalue weighted by molar-refractivity contribution is -0.0284. The molecule has 2 heterocycles. The molecule has 0 aromatic heterocycles. The number of aliphatic hydroxyl groups excluding tert-OH is 1. The first-order valence-electron chi connectivity index (χ1n) is 9.37. The molecule has 2 aliphatic rings. The summed E-state index contributed by atoms with van der Waals surface area (Å²) in [7, 11) is 0. The van der Waals surface area contributed by atoms with Crippen LogP contribution < -0.4 is 0 Å². The summed E-state index contributed by atoms with van der Waals surface area (Å²) in [6.45, 7) is 7.00. The number of benzene rings is 1. The highest BCUT2D eigenvalue weighted by Crippen LogP contribution is 2.32. The topological polar surface area (TPSA) is 41.9 Å². The number of ether oxygens (including phenoxy) is 2. The van der Waals surface area contributed by atoms with E-state index in [0.29, 0.717) is 31.6 Å². The van der Waals surface area contributed by atoms with Crippen molar-refractivity contribution in [3.05, 3.63) is 35.9 Å². The van der Waals surface area contributed by atoms with Crippen LogP contribution in [-0.4, -0.2) is 61.7 Å². The maximum Gasteiger partial charge on any atom is 0.0900 e. The molecule has 4 atom stereocenters. The third-order valence-electron chi connectivity index (χ3n) is 5.32. The molecule has 2 fully saturated rings. The van der Waals surface area contributed by atoms with Gasteiger partial charge in [0.05, 0.1) is 25.4 Å². The fraction of sp³-hybridized carbons (Fsp3) is 0.700. The van der Waals surface area contributed by atoms with E-state index in [4.69, 9.17) is 9.47 Å². The zero-order valence-electron chi connectivity index (χ0n) is 14.8. The second-order valence-corrected chi connectivity index (χ2v) is 7.37. The average molecular weight is 333 g/mol. The molecule has 2 saturated heterocycles. The predicted molar refractivity (Wildman–Crippen MR) is 95.2 cm³/mol. The van der Waals surface area contributed by atoms with Gasteiger partial charge in [0.1, 0.15) is 0 Å². The maximum absolute atomic E-state index is 10.2. The van der Waals surface area contributed by atoms with Gasteiger partial charge >= 0.3 is 0 Å². The van der Waals surface area contributed by atoms with E-state index in [1.165, 1.54) is 5.56 Å². The summed E-state index contributed by atoms with van der Waals surface area (Å²) < 4.78 is 11.2. The Morgan fingerprint density at radius 1 is 1.29 bits per heavy atom. The fourth-order valence-corrected chi connectivity index (χ4v) is 4.06. The fourth-order valence-electron chi connectivity index (χ4n) is 4.06. The second kappa shape index (κ2) is 8.95. The molecular weight excluding hydrogens is 302 g/mol. The smallest absolute Gasteiger partial charge is 0.0900 e. The van der Waals surface area contributed by atoms with Gasteiger partial charge in [0.25, 0.3) is 0 Å². The van der Waals surface area contributed by atoms with Crippen molar-refractivity contribution in [2.45, 2.75) is 44.3 Å². The van der Waals surface area contributed by atoms with Gasteiger partial charge in [-0.25, -0.2) is 0 Å². The van der Waals surface area contributed by atoms with Gasteiger partial charge in [0.15, 0.2) is 0 Å². The van der Waals surface area contributed by atoms with Crippen LogP contribution in [0.4, 0.5) is 0 Å². The van der Waals surface area contributed by atoms with E-state index >= 15 is 0 Å². The number of rotatable bonds is 7. The Balaban J connectivity index is 1.37. The van der Waals surface area contributed by atoms with Crippen LogP contribution in [0.1, 0.15) is 37.7 Å². The molecule has 0 spiro atoms. The Labute approximate surface area is 145 Å². The minimum Gasteiger partial charge on any atom is -0.389 e. The molecule has 0 aliphatic carbocycles. The van der Waals surface area contributed by atoms with Crippen LogP contribution in [0.15, 0.2) is 30.3 Å². The molecule has 1 N–H and O–H groups in total. The SMILES string of the molecule is CC1CN(CC(O)COCC2CCCO2)CCC1c1ccccc1. The number of β-amino-alcohol motifs (C(OH)–C–C–N with tert-alkyl or cyclic N) is 1. The van der Waals surface area contributed by atoms with E-state index in [-0.39, 0.29) is 6.10 Å². The summed E-state index contributed by atoms with van der Waals surface area (Å²) in [5.74, 6) is 1.25. The van der Waals surface area contributed by atoms with Crippen molar-refractivity contribution < 1.29 is 14.6 Å². The molecule has 2 aliphatic heterocycles. The zero-order chi connectivity index (χ0) is 16.8. The molecule has 4 unspecified atom stereocenters. The van der Waals surface area contributed by atoms with E-state index in [9.17, 15) is 5.11 Å². The lowest BCUT2D eigenvalue weighted by Crippen LogP contribution is -2.43. The zero-order valence-corrected chi connectivity index (χ0v) is 14.8. The van der Waals surface area contributed by atoms with Gasteiger partial charge in [-0.1, -0.05) is 37.3 Å². The van der Waals surface area contributed by atoms with Gasteiger partial charge in [-0.15, -0.1) is 0 Å².